The monoisotopic (exact) mass is 374 g/mol. The van der Waals surface area contributed by atoms with Crippen molar-refractivity contribution in [3.63, 3.8) is 0 Å². The molecular weight excluding hydrogens is 340 g/mol. The lowest BCUT2D eigenvalue weighted by molar-refractivity contribution is 0.433. The molecule has 0 spiro atoms. The smallest absolute Gasteiger partial charge is 0.151 e. The Morgan fingerprint density at radius 3 is 1.74 bits per heavy atom. The van der Waals surface area contributed by atoms with E-state index >= 15 is 0 Å². The summed E-state index contributed by atoms with van der Waals surface area (Å²) in [5.74, 6) is 0. The van der Waals surface area contributed by atoms with E-state index in [0.29, 0.717) is 0 Å². The van der Waals surface area contributed by atoms with Gasteiger partial charge in [-0.15, -0.1) is 0 Å². The summed E-state index contributed by atoms with van der Waals surface area (Å²) in [7, 11) is 0. The van der Waals surface area contributed by atoms with Crippen molar-refractivity contribution in [1.29, 1.82) is 0 Å². The van der Waals surface area contributed by atoms with Gasteiger partial charge in [0.25, 0.3) is 0 Å². The van der Waals surface area contributed by atoms with Gasteiger partial charge in [0, 0.05) is 6.54 Å². The lowest BCUT2D eigenvalue weighted by atomic mass is 10.1. The Hall–Kier alpha value is -0.0000000000000000278. The Morgan fingerprint density at radius 2 is 1.17 bits per heavy atom. The van der Waals surface area contributed by atoms with E-state index in [-0.39, 0.29) is 0 Å². The van der Waals surface area contributed by atoms with Crippen LogP contribution >= 0.6 is 36.0 Å². The summed E-state index contributed by atoms with van der Waals surface area (Å²) in [5.41, 5.74) is 0. The first-order valence-electron chi connectivity index (χ1n) is 9.52. The molecule has 0 atom stereocenters. The first-order valence-corrected chi connectivity index (χ1v) is 11.1. The van der Waals surface area contributed by atoms with E-state index in [1.54, 1.807) is 11.5 Å². The molecule has 1 aromatic heterocycles. The normalized spacial score (nSPS) is 11.2. The molecule has 0 saturated carbocycles. The molecule has 0 aromatic carbocycles. The maximum absolute atomic E-state index is 5.52. The zero-order chi connectivity index (χ0) is 16.9. The van der Waals surface area contributed by atoms with Crippen LogP contribution in [0.4, 0.5) is 0 Å². The van der Waals surface area contributed by atoms with Crippen LogP contribution < -0.4 is 0 Å². The van der Waals surface area contributed by atoms with E-state index in [4.69, 9.17) is 24.4 Å². The van der Waals surface area contributed by atoms with Crippen LogP contribution in [0.3, 0.4) is 0 Å². The Kier molecular flexibility index (Phi) is 12.2. The van der Waals surface area contributed by atoms with E-state index < -0.39 is 0 Å². The highest BCUT2D eigenvalue weighted by atomic mass is 32.2. The molecule has 0 bridgehead atoms. The third-order valence-corrected chi connectivity index (χ3v) is 6.33. The Morgan fingerprint density at radius 1 is 0.696 bits per heavy atom. The van der Waals surface area contributed by atoms with Crippen molar-refractivity contribution in [3.05, 3.63) is 8.46 Å². The van der Waals surface area contributed by atoms with Crippen LogP contribution in [0.25, 0.3) is 0 Å². The number of aromatic nitrogens is 2. The fourth-order valence-electron chi connectivity index (χ4n) is 2.84. The Labute approximate surface area is 157 Å². The fourth-order valence-corrected chi connectivity index (χ4v) is 4.41. The zero-order valence-corrected chi connectivity index (χ0v) is 17.5. The highest BCUT2D eigenvalue weighted by Gasteiger charge is 2.05. The number of aryl methyl sites for hydroxylation is 1. The molecule has 0 saturated heterocycles. The van der Waals surface area contributed by atoms with Gasteiger partial charge in [-0.3, -0.25) is 4.68 Å². The van der Waals surface area contributed by atoms with Crippen LogP contribution in [0.1, 0.15) is 90.9 Å². The zero-order valence-electron chi connectivity index (χ0n) is 15.0. The number of rotatable bonds is 14. The van der Waals surface area contributed by atoms with Crippen LogP contribution in [0, 0.1) is 8.46 Å². The number of hydrogen-bond donors (Lipinski definition) is 0. The van der Waals surface area contributed by atoms with E-state index in [1.807, 2.05) is 0 Å². The van der Waals surface area contributed by atoms with E-state index in [2.05, 4.69) is 22.6 Å². The molecule has 0 unspecified atom stereocenters. The SMILES string of the molecule is CCCCCCCCn1sc(=S)c(=S)n1CCCCCCCC. The maximum atomic E-state index is 5.52. The molecule has 2 nitrogen and oxygen atoms in total. The number of hydrogen-bond acceptors (Lipinski definition) is 3. The van der Waals surface area contributed by atoms with Crippen molar-refractivity contribution in [2.24, 2.45) is 0 Å². The summed E-state index contributed by atoms with van der Waals surface area (Å²) >= 11 is 12.6. The molecule has 0 amide bonds. The van der Waals surface area contributed by atoms with Gasteiger partial charge in [0.1, 0.15) is 3.82 Å². The molecule has 134 valence electrons. The Bertz CT molecular complexity index is 513. The highest BCUT2D eigenvalue weighted by Crippen LogP contribution is 2.14. The second kappa shape index (κ2) is 13.3. The number of unbranched alkanes of at least 4 members (excludes halogenated alkanes) is 10. The van der Waals surface area contributed by atoms with Crippen molar-refractivity contribution in [1.82, 2.24) is 8.75 Å². The summed E-state index contributed by atoms with van der Waals surface area (Å²) in [4.78, 5) is 0. The van der Waals surface area contributed by atoms with Crippen LogP contribution in [-0.4, -0.2) is 8.75 Å². The minimum atomic E-state index is 0.879. The van der Waals surface area contributed by atoms with Gasteiger partial charge in [0.2, 0.25) is 0 Å². The van der Waals surface area contributed by atoms with Gasteiger partial charge < -0.3 is 0 Å². The van der Waals surface area contributed by atoms with Crippen LogP contribution in [0.5, 0.6) is 0 Å². The van der Waals surface area contributed by atoms with Gasteiger partial charge in [0.15, 0.2) is 4.64 Å². The van der Waals surface area contributed by atoms with Crippen molar-refractivity contribution < 1.29 is 0 Å². The molecule has 0 N–H and O–H groups in total. The maximum Gasteiger partial charge on any atom is 0.151 e. The summed E-state index contributed by atoms with van der Waals surface area (Å²) in [6.07, 6.45) is 15.9. The molecule has 1 heterocycles. The summed E-state index contributed by atoms with van der Waals surface area (Å²) in [5, 5.41) is 0. The average molecular weight is 375 g/mol. The molecule has 0 radical (unpaired) electrons. The third-order valence-electron chi connectivity index (χ3n) is 4.29. The lowest BCUT2D eigenvalue weighted by Gasteiger charge is -2.11. The van der Waals surface area contributed by atoms with Crippen LogP contribution in [0.15, 0.2) is 0 Å². The van der Waals surface area contributed by atoms with Gasteiger partial charge in [-0.1, -0.05) is 102 Å². The summed E-state index contributed by atoms with van der Waals surface area (Å²) in [6.45, 7) is 6.64. The second-order valence-electron chi connectivity index (χ2n) is 6.42. The molecule has 0 aliphatic carbocycles. The van der Waals surface area contributed by atoms with Crippen molar-refractivity contribution >= 4 is 36.0 Å². The van der Waals surface area contributed by atoms with Gasteiger partial charge >= 0.3 is 0 Å². The average Bonchev–Trinajstić information content (AvgIpc) is 2.81. The van der Waals surface area contributed by atoms with Gasteiger partial charge in [-0.2, -0.15) is 0 Å². The first-order chi connectivity index (χ1) is 11.2. The largest absolute Gasteiger partial charge is 0.264 e. The minimum absolute atomic E-state index is 0.879. The van der Waals surface area contributed by atoms with Crippen molar-refractivity contribution in [2.45, 2.75) is 104 Å². The standard InChI is InChI=1S/C18H34N2S3/c1-3-5-7-9-11-13-15-19-17(21)18(22)23-20(19)16-14-12-10-8-6-4-2/h3-16H2,1-2H3. The molecule has 0 aliphatic heterocycles. The van der Waals surface area contributed by atoms with Gasteiger partial charge in [-0.25, -0.2) is 4.07 Å². The van der Waals surface area contributed by atoms with Crippen molar-refractivity contribution in [3.8, 4) is 0 Å². The van der Waals surface area contributed by atoms with Crippen molar-refractivity contribution in [2.75, 3.05) is 0 Å². The predicted octanol–water partition coefficient (Wildman–Crippen LogP) is 7.53. The molecule has 1 aromatic rings. The second-order valence-corrected chi connectivity index (χ2v) is 8.48. The molecule has 0 aliphatic rings. The predicted molar refractivity (Wildman–Crippen MR) is 109 cm³/mol. The minimum Gasteiger partial charge on any atom is -0.264 e. The van der Waals surface area contributed by atoms with Crippen LogP contribution in [-0.2, 0) is 13.1 Å². The highest BCUT2D eigenvalue weighted by molar-refractivity contribution is 7.75. The molecule has 5 heteroatoms. The quantitative estimate of drug-likeness (QED) is 0.246. The molecular formula is C18H34N2S3. The van der Waals surface area contributed by atoms with Crippen LogP contribution in [0.2, 0.25) is 0 Å². The fraction of sp³-hybridized carbons (Fsp3) is 0.889. The van der Waals surface area contributed by atoms with E-state index in [1.165, 1.54) is 77.0 Å². The number of nitrogens with zero attached hydrogens (tertiary/aromatic N) is 2. The summed E-state index contributed by atoms with van der Waals surface area (Å²) in [6, 6.07) is 0. The van der Waals surface area contributed by atoms with Gasteiger partial charge in [-0.05, 0) is 24.4 Å². The molecule has 1 rings (SSSR count). The third kappa shape index (κ3) is 8.59. The van der Waals surface area contributed by atoms with E-state index in [0.717, 1.165) is 21.6 Å². The van der Waals surface area contributed by atoms with E-state index in [9.17, 15) is 0 Å². The lowest BCUT2D eigenvalue weighted by Crippen LogP contribution is -2.12. The first kappa shape index (κ1) is 21.0. The molecule has 23 heavy (non-hydrogen) atoms. The Balaban J connectivity index is 2.36. The topological polar surface area (TPSA) is 9.86 Å². The molecule has 0 fully saturated rings. The summed E-state index contributed by atoms with van der Waals surface area (Å²) < 4.78 is 6.34. The van der Waals surface area contributed by atoms with Gasteiger partial charge in [0.05, 0.1) is 6.54 Å².